The number of hydrogen-bond donors (Lipinski definition) is 0. The second kappa shape index (κ2) is 6.77. The molecule has 3 nitrogen and oxygen atoms in total. The Morgan fingerprint density at radius 3 is 3.00 bits per heavy atom. The van der Waals surface area contributed by atoms with E-state index in [1.807, 2.05) is 12.1 Å². The Hall–Kier alpha value is -0.640. The summed E-state index contributed by atoms with van der Waals surface area (Å²) >= 11 is 5.81. The molecule has 4 heteroatoms. The van der Waals surface area contributed by atoms with Crippen LogP contribution in [0.5, 0.6) is 0 Å². The Balaban J connectivity index is 2.34. The van der Waals surface area contributed by atoms with Crippen LogP contribution in [0.3, 0.4) is 0 Å². The fourth-order valence-electron chi connectivity index (χ4n) is 1.41. The molecule has 0 unspecified atom stereocenters. The van der Waals surface area contributed by atoms with Gasteiger partial charge in [-0.2, -0.15) is 0 Å². The van der Waals surface area contributed by atoms with Gasteiger partial charge in [-0.1, -0.05) is 11.6 Å². The van der Waals surface area contributed by atoms with E-state index < -0.39 is 0 Å². The minimum absolute atomic E-state index is 0.554. The average Bonchev–Trinajstić information content (AvgIpc) is 2.18. The Bertz CT molecular complexity index is 294. The molecule has 0 amide bonds. The monoisotopic (exact) mass is 228 g/mol. The van der Waals surface area contributed by atoms with Crippen molar-refractivity contribution in [2.45, 2.75) is 13.0 Å². The first-order chi connectivity index (χ1) is 7.22. The fraction of sp³-hybridized carbons (Fsp3) is 0.545. The van der Waals surface area contributed by atoms with Crippen molar-refractivity contribution in [3.63, 3.8) is 0 Å². The summed E-state index contributed by atoms with van der Waals surface area (Å²) in [4.78, 5) is 6.19. The minimum atomic E-state index is 0.554. The van der Waals surface area contributed by atoms with E-state index in [0.717, 1.165) is 26.1 Å². The molecule has 0 saturated carbocycles. The molecule has 0 radical (unpaired) electrons. The van der Waals surface area contributed by atoms with E-state index >= 15 is 0 Å². The zero-order valence-corrected chi connectivity index (χ0v) is 10.00. The Labute approximate surface area is 96.0 Å². The lowest BCUT2D eigenvalue weighted by Gasteiger charge is -2.16. The van der Waals surface area contributed by atoms with Gasteiger partial charge in [0.1, 0.15) is 5.15 Å². The molecule has 0 fully saturated rings. The maximum atomic E-state index is 5.81. The Kier molecular flexibility index (Phi) is 5.61. The molecule has 0 saturated heterocycles. The summed E-state index contributed by atoms with van der Waals surface area (Å²) in [7, 11) is 3.81. The predicted octanol–water partition coefficient (Wildman–Crippen LogP) is 2.20. The van der Waals surface area contributed by atoms with Crippen molar-refractivity contribution in [3.8, 4) is 0 Å². The van der Waals surface area contributed by atoms with Crippen molar-refractivity contribution >= 4 is 11.6 Å². The van der Waals surface area contributed by atoms with E-state index in [1.54, 1.807) is 13.3 Å². The molecule has 0 aliphatic rings. The molecule has 0 spiro atoms. The number of methoxy groups -OCH3 is 1. The summed E-state index contributed by atoms with van der Waals surface area (Å²) in [5.41, 5.74) is 1.19. The molecular formula is C11H17ClN2O. The second-order valence-corrected chi connectivity index (χ2v) is 3.96. The highest BCUT2D eigenvalue weighted by atomic mass is 35.5. The molecule has 0 atom stereocenters. The van der Waals surface area contributed by atoms with Crippen molar-refractivity contribution in [3.05, 3.63) is 29.0 Å². The van der Waals surface area contributed by atoms with Crippen molar-refractivity contribution in [1.82, 2.24) is 9.88 Å². The van der Waals surface area contributed by atoms with Gasteiger partial charge in [-0.05, 0) is 31.2 Å². The van der Waals surface area contributed by atoms with Gasteiger partial charge in [-0.25, -0.2) is 4.98 Å². The highest BCUT2D eigenvalue weighted by Crippen LogP contribution is 2.08. The lowest BCUT2D eigenvalue weighted by molar-refractivity contribution is 0.178. The molecule has 0 aliphatic carbocycles. The SMILES string of the molecule is COCCCN(C)Cc1ccnc(Cl)c1. The molecule has 0 bridgehead atoms. The number of halogens is 1. The largest absolute Gasteiger partial charge is 0.385 e. The summed E-state index contributed by atoms with van der Waals surface area (Å²) in [6, 6.07) is 3.88. The van der Waals surface area contributed by atoms with Crippen molar-refractivity contribution in [1.29, 1.82) is 0 Å². The number of rotatable bonds is 6. The normalized spacial score (nSPS) is 10.9. The van der Waals surface area contributed by atoms with Gasteiger partial charge >= 0.3 is 0 Å². The summed E-state index contributed by atoms with van der Waals surface area (Å²) in [6.45, 7) is 2.72. The number of pyridine rings is 1. The van der Waals surface area contributed by atoms with Gasteiger partial charge in [0.2, 0.25) is 0 Å². The van der Waals surface area contributed by atoms with E-state index in [4.69, 9.17) is 16.3 Å². The Morgan fingerprint density at radius 1 is 1.53 bits per heavy atom. The second-order valence-electron chi connectivity index (χ2n) is 3.57. The van der Waals surface area contributed by atoms with E-state index in [2.05, 4.69) is 16.9 Å². The standard InChI is InChI=1S/C11H17ClN2O/c1-14(6-3-7-15-2)9-10-4-5-13-11(12)8-10/h4-5,8H,3,6-7,9H2,1-2H3. The molecule has 84 valence electrons. The summed E-state index contributed by atoms with van der Waals surface area (Å²) < 4.78 is 5.00. The van der Waals surface area contributed by atoms with Gasteiger partial charge in [-0.3, -0.25) is 0 Å². The Morgan fingerprint density at radius 2 is 2.33 bits per heavy atom. The lowest BCUT2D eigenvalue weighted by atomic mass is 10.2. The third-order valence-corrected chi connectivity index (χ3v) is 2.34. The van der Waals surface area contributed by atoms with E-state index in [-0.39, 0.29) is 0 Å². The molecule has 15 heavy (non-hydrogen) atoms. The maximum absolute atomic E-state index is 5.81. The smallest absolute Gasteiger partial charge is 0.129 e. The van der Waals surface area contributed by atoms with Gasteiger partial charge in [-0.15, -0.1) is 0 Å². The van der Waals surface area contributed by atoms with Crippen LogP contribution >= 0.6 is 11.6 Å². The molecule has 1 aromatic rings. The first kappa shape index (κ1) is 12.4. The van der Waals surface area contributed by atoms with Crippen molar-refractivity contribution in [2.24, 2.45) is 0 Å². The number of ether oxygens (including phenoxy) is 1. The first-order valence-electron chi connectivity index (χ1n) is 5.00. The van der Waals surface area contributed by atoms with Crippen LogP contribution in [0.4, 0.5) is 0 Å². The molecule has 1 aromatic heterocycles. The first-order valence-corrected chi connectivity index (χ1v) is 5.38. The highest BCUT2D eigenvalue weighted by molar-refractivity contribution is 6.29. The molecule has 0 aliphatic heterocycles. The van der Waals surface area contributed by atoms with Crippen LogP contribution in [0.15, 0.2) is 18.3 Å². The van der Waals surface area contributed by atoms with Gasteiger partial charge in [0.15, 0.2) is 0 Å². The highest BCUT2D eigenvalue weighted by Gasteiger charge is 2.00. The summed E-state index contributed by atoms with van der Waals surface area (Å²) in [5.74, 6) is 0. The number of hydrogen-bond acceptors (Lipinski definition) is 3. The molecule has 0 N–H and O–H groups in total. The predicted molar refractivity (Wildman–Crippen MR) is 62.1 cm³/mol. The fourth-order valence-corrected chi connectivity index (χ4v) is 1.61. The zero-order valence-electron chi connectivity index (χ0n) is 9.24. The minimum Gasteiger partial charge on any atom is -0.385 e. The van der Waals surface area contributed by atoms with Crippen LogP contribution in [-0.2, 0) is 11.3 Å². The van der Waals surface area contributed by atoms with Gasteiger partial charge in [0.05, 0.1) is 0 Å². The van der Waals surface area contributed by atoms with E-state index in [9.17, 15) is 0 Å². The van der Waals surface area contributed by atoms with Crippen molar-refractivity contribution in [2.75, 3.05) is 27.3 Å². The molecular weight excluding hydrogens is 212 g/mol. The van der Waals surface area contributed by atoms with Crippen LogP contribution in [0.1, 0.15) is 12.0 Å². The summed E-state index contributed by atoms with van der Waals surface area (Å²) in [6.07, 6.45) is 2.78. The molecule has 1 rings (SSSR count). The van der Waals surface area contributed by atoms with Crippen LogP contribution in [0.25, 0.3) is 0 Å². The van der Waals surface area contributed by atoms with Gasteiger partial charge in [0.25, 0.3) is 0 Å². The quantitative estimate of drug-likeness (QED) is 0.552. The van der Waals surface area contributed by atoms with Crippen LogP contribution < -0.4 is 0 Å². The van der Waals surface area contributed by atoms with Crippen LogP contribution in [-0.4, -0.2) is 37.2 Å². The third kappa shape index (κ3) is 5.11. The number of nitrogens with zero attached hydrogens (tertiary/aromatic N) is 2. The third-order valence-electron chi connectivity index (χ3n) is 2.13. The average molecular weight is 229 g/mol. The van der Waals surface area contributed by atoms with Crippen LogP contribution in [0.2, 0.25) is 5.15 Å². The van der Waals surface area contributed by atoms with Gasteiger partial charge in [0, 0.05) is 33.0 Å². The van der Waals surface area contributed by atoms with Crippen LogP contribution in [0, 0.1) is 0 Å². The molecule has 1 heterocycles. The maximum Gasteiger partial charge on any atom is 0.129 e. The number of aromatic nitrogens is 1. The van der Waals surface area contributed by atoms with E-state index in [0.29, 0.717) is 5.15 Å². The van der Waals surface area contributed by atoms with Gasteiger partial charge < -0.3 is 9.64 Å². The summed E-state index contributed by atoms with van der Waals surface area (Å²) in [5, 5.41) is 0.554. The van der Waals surface area contributed by atoms with E-state index in [1.165, 1.54) is 5.56 Å². The lowest BCUT2D eigenvalue weighted by Crippen LogP contribution is -2.20. The zero-order chi connectivity index (χ0) is 11.1. The topological polar surface area (TPSA) is 25.4 Å². The van der Waals surface area contributed by atoms with Crippen molar-refractivity contribution < 1.29 is 4.74 Å². The molecule has 0 aromatic carbocycles.